The van der Waals surface area contributed by atoms with Crippen molar-refractivity contribution in [2.24, 2.45) is 0 Å². The van der Waals surface area contributed by atoms with Gasteiger partial charge in [0, 0.05) is 41.8 Å². The molecule has 14 heteroatoms. The summed E-state index contributed by atoms with van der Waals surface area (Å²) in [6.07, 6.45) is 10.3. The fraction of sp³-hybridized carbons (Fsp3) is 0.531. The Morgan fingerprint density at radius 3 is 1.06 bits per heavy atom. The molecule has 0 radical (unpaired) electrons. The molecule has 0 saturated carbocycles. The first-order valence-electron chi connectivity index (χ1n) is 28.2. The highest BCUT2D eigenvalue weighted by Crippen LogP contribution is 2.37. The molecule has 10 atom stereocenters. The number of aryl methyl sites for hydroxylation is 3. The molecule has 5 aromatic rings. The highest BCUT2D eigenvalue weighted by molar-refractivity contribution is 5.42. The van der Waals surface area contributed by atoms with Crippen LogP contribution in [0.1, 0.15) is 143 Å². The summed E-state index contributed by atoms with van der Waals surface area (Å²) in [5.74, 6) is -0.851. The SMILES string of the molecule is COc1cc(C)ccc1[C@@](C)(O)[C@@H]1CCCN1.C[C@@](O)(c1cc(F)cc(F)c1)[C@@H]1CCCN1.C[C@@](O)(c1cccc(F)c1)[C@@H]1CCCN1.Cc1ccc([C@@](C)(O)[C@@H]2CCCN2)cc1.Cc1ccc([C@@](C)(O)[C@@H]2CCCN2)cc1. The Labute approximate surface area is 462 Å². The number of nitrogens with one attached hydrogen (secondary N) is 5. The van der Waals surface area contributed by atoms with Crippen LogP contribution in [0.15, 0.2) is 109 Å². The van der Waals surface area contributed by atoms with Crippen LogP contribution in [0.4, 0.5) is 13.2 Å². The lowest BCUT2D eigenvalue weighted by Crippen LogP contribution is -2.43. The minimum absolute atomic E-state index is 0.0271. The van der Waals surface area contributed by atoms with Crippen molar-refractivity contribution in [3.63, 3.8) is 0 Å². The lowest BCUT2D eigenvalue weighted by molar-refractivity contribution is 0.0195. The number of rotatable bonds is 11. The molecule has 0 spiro atoms. The summed E-state index contributed by atoms with van der Waals surface area (Å²) in [6.45, 7) is 19.9. The molecule has 5 aliphatic heterocycles. The van der Waals surface area contributed by atoms with Crippen molar-refractivity contribution in [1.29, 1.82) is 0 Å². The van der Waals surface area contributed by atoms with Crippen molar-refractivity contribution >= 4 is 0 Å². The molecule has 5 saturated heterocycles. The standard InChI is InChI=1S/C14H21NO2.2C13H19NO.C12H15F2NO.C12H16FNO/c1-10-6-7-11(12(9-10)17-3)14(2,16)13-5-4-8-15-13;2*1-10-5-7-11(8-6-10)13(2,15)12-4-3-9-14-12;1-12(16,11-3-2-4-15-11)8-5-9(13)7-10(14)6-8;1-12(15,11-6-3-7-14-11)9-4-2-5-10(13)8-9/h6-7,9,13,15-16H,4-5,8H2,1-3H3;2*5-8,12,14-15H,3-4,9H2,1-2H3;5-7,11,15-16H,2-4H2,1H3;2,4-5,8,11,14-15H,3,6-7H2,1H3/t13-,14+;2*12-,13+;2*11-,12+/m00000/s1. The van der Waals surface area contributed by atoms with Crippen LogP contribution in [0.25, 0.3) is 0 Å². The first-order chi connectivity index (χ1) is 36.9. The molecule has 0 unspecified atom stereocenters. The first kappa shape index (κ1) is 62.5. The van der Waals surface area contributed by atoms with Crippen molar-refractivity contribution in [1.82, 2.24) is 26.6 Å². The Morgan fingerprint density at radius 1 is 0.385 bits per heavy atom. The number of ether oxygens (including phenoxy) is 1. The highest BCUT2D eigenvalue weighted by atomic mass is 19.1. The van der Waals surface area contributed by atoms with Gasteiger partial charge < -0.3 is 56.9 Å². The van der Waals surface area contributed by atoms with Crippen LogP contribution in [0.5, 0.6) is 5.75 Å². The zero-order chi connectivity index (χ0) is 56.9. The Bertz CT molecular complexity index is 2530. The average molecular weight is 1080 g/mol. The largest absolute Gasteiger partial charge is 0.496 e. The van der Waals surface area contributed by atoms with E-state index in [4.69, 9.17) is 4.74 Å². The molecule has 0 aliphatic carbocycles. The van der Waals surface area contributed by atoms with Crippen LogP contribution in [0, 0.1) is 38.2 Å². The quantitative estimate of drug-likeness (QED) is 0.0612. The third kappa shape index (κ3) is 16.2. The van der Waals surface area contributed by atoms with E-state index in [2.05, 4.69) is 64.7 Å². The maximum Gasteiger partial charge on any atom is 0.126 e. The van der Waals surface area contributed by atoms with Gasteiger partial charge in [-0.2, -0.15) is 0 Å². The molecule has 5 aromatic carbocycles. The van der Waals surface area contributed by atoms with Gasteiger partial charge >= 0.3 is 0 Å². The summed E-state index contributed by atoms with van der Waals surface area (Å²) < 4.78 is 44.6. The molecule has 10 rings (SSSR count). The van der Waals surface area contributed by atoms with E-state index >= 15 is 0 Å². The minimum atomic E-state index is -1.24. The van der Waals surface area contributed by atoms with Gasteiger partial charge in [0.1, 0.15) is 51.2 Å². The summed E-state index contributed by atoms with van der Waals surface area (Å²) in [5.41, 5.74) is 2.81. The number of methoxy groups -OCH3 is 1. The molecule has 11 nitrogen and oxygen atoms in total. The Morgan fingerprint density at radius 2 is 0.718 bits per heavy atom. The molecule has 5 fully saturated rings. The molecule has 5 aliphatic rings. The zero-order valence-corrected chi connectivity index (χ0v) is 47.7. The summed E-state index contributed by atoms with van der Waals surface area (Å²) in [5, 5.41) is 69.0. The molecular formula is C64H90F3N5O6. The second-order valence-corrected chi connectivity index (χ2v) is 23.1. The van der Waals surface area contributed by atoms with E-state index in [1.54, 1.807) is 33.1 Å². The van der Waals surface area contributed by atoms with Crippen molar-refractivity contribution in [3.8, 4) is 5.75 Å². The minimum Gasteiger partial charge on any atom is -0.496 e. The summed E-state index contributed by atoms with van der Waals surface area (Å²) in [6, 6.07) is 32.0. The van der Waals surface area contributed by atoms with E-state index in [1.807, 2.05) is 70.2 Å². The molecule has 78 heavy (non-hydrogen) atoms. The van der Waals surface area contributed by atoms with Crippen LogP contribution in [-0.4, -0.2) is 95.6 Å². The second-order valence-electron chi connectivity index (χ2n) is 23.1. The molecule has 0 aromatic heterocycles. The third-order valence-corrected chi connectivity index (χ3v) is 16.7. The van der Waals surface area contributed by atoms with Gasteiger partial charge in [0.25, 0.3) is 0 Å². The Hall–Kier alpha value is -4.71. The van der Waals surface area contributed by atoms with Gasteiger partial charge in [0.2, 0.25) is 0 Å². The normalized spacial score (nSPS) is 24.6. The Balaban J connectivity index is 0.000000158. The van der Waals surface area contributed by atoms with Crippen LogP contribution >= 0.6 is 0 Å². The molecule has 0 amide bonds. The van der Waals surface area contributed by atoms with Crippen molar-refractivity contribution in [2.45, 2.75) is 178 Å². The number of hydrogen-bond donors (Lipinski definition) is 10. The smallest absolute Gasteiger partial charge is 0.126 e. The van der Waals surface area contributed by atoms with Crippen LogP contribution < -0.4 is 31.3 Å². The molecule has 10 N–H and O–H groups in total. The second kappa shape index (κ2) is 27.6. The van der Waals surface area contributed by atoms with Crippen LogP contribution in [-0.2, 0) is 28.0 Å². The van der Waals surface area contributed by atoms with E-state index < -0.39 is 39.6 Å². The van der Waals surface area contributed by atoms with Crippen molar-refractivity contribution in [2.75, 3.05) is 39.8 Å². The summed E-state index contributed by atoms with van der Waals surface area (Å²) in [4.78, 5) is 0. The Kier molecular flexibility index (Phi) is 22.1. The van der Waals surface area contributed by atoms with E-state index in [0.717, 1.165) is 131 Å². The summed E-state index contributed by atoms with van der Waals surface area (Å²) in [7, 11) is 1.65. The molecule has 0 bridgehead atoms. The van der Waals surface area contributed by atoms with Gasteiger partial charge in [-0.1, -0.05) is 83.9 Å². The molecule has 5 heterocycles. The van der Waals surface area contributed by atoms with Crippen LogP contribution in [0.2, 0.25) is 0 Å². The number of aliphatic hydroxyl groups is 5. The van der Waals surface area contributed by atoms with E-state index in [1.165, 1.54) is 35.4 Å². The highest BCUT2D eigenvalue weighted by Gasteiger charge is 2.40. The van der Waals surface area contributed by atoms with E-state index in [0.29, 0.717) is 5.56 Å². The van der Waals surface area contributed by atoms with Crippen molar-refractivity contribution in [3.05, 3.63) is 171 Å². The third-order valence-electron chi connectivity index (χ3n) is 16.7. The van der Waals surface area contributed by atoms with Gasteiger partial charge in [0.15, 0.2) is 0 Å². The topological polar surface area (TPSA) is 171 Å². The van der Waals surface area contributed by atoms with E-state index in [9.17, 15) is 38.7 Å². The van der Waals surface area contributed by atoms with Crippen LogP contribution in [0.3, 0.4) is 0 Å². The van der Waals surface area contributed by atoms with Crippen molar-refractivity contribution < 1.29 is 43.4 Å². The van der Waals surface area contributed by atoms with E-state index in [-0.39, 0.29) is 41.6 Å². The fourth-order valence-electron chi connectivity index (χ4n) is 11.5. The number of halogens is 3. The van der Waals surface area contributed by atoms with Gasteiger partial charge in [-0.15, -0.1) is 0 Å². The predicted octanol–water partition coefficient (Wildman–Crippen LogP) is 9.58. The monoisotopic (exact) mass is 1080 g/mol. The number of hydrogen-bond acceptors (Lipinski definition) is 11. The van der Waals surface area contributed by atoms with Gasteiger partial charge in [-0.3, -0.25) is 0 Å². The van der Waals surface area contributed by atoms with Gasteiger partial charge in [-0.25, -0.2) is 13.2 Å². The molecule has 428 valence electrons. The summed E-state index contributed by atoms with van der Waals surface area (Å²) >= 11 is 0. The predicted molar refractivity (Wildman–Crippen MR) is 306 cm³/mol. The maximum atomic E-state index is 13.1. The lowest BCUT2D eigenvalue weighted by Gasteiger charge is -2.32. The number of benzene rings is 5. The average Bonchev–Trinajstić information content (AvgIpc) is 4.28. The first-order valence-corrected chi connectivity index (χ1v) is 28.2. The molecular weight excluding hydrogens is 992 g/mol. The lowest BCUT2D eigenvalue weighted by atomic mass is 9.86. The van der Waals surface area contributed by atoms with Gasteiger partial charge in [-0.05, 0) is 210 Å². The zero-order valence-electron chi connectivity index (χ0n) is 47.7. The fourth-order valence-corrected chi connectivity index (χ4v) is 11.5. The van der Waals surface area contributed by atoms with Gasteiger partial charge in [0.05, 0.1) is 7.11 Å². The maximum absolute atomic E-state index is 13.1.